The molecule has 0 N–H and O–H groups in total. The van der Waals surface area contributed by atoms with Gasteiger partial charge in [-0.05, 0) is 29.9 Å². The second-order valence-corrected chi connectivity index (χ2v) is 6.99. The highest BCUT2D eigenvalue weighted by atomic mass is 16.7. The van der Waals surface area contributed by atoms with Crippen LogP contribution in [0.25, 0.3) is 0 Å². The van der Waals surface area contributed by atoms with Gasteiger partial charge in [-0.2, -0.15) is 0 Å². The lowest BCUT2D eigenvalue weighted by Gasteiger charge is -2.21. The maximum Gasteiger partial charge on any atom is 0.514 e. The molecule has 1 aliphatic carbocycles. The van der Waals surface area contributed by atoms with Crippen LogP contribution in [-0.4, -0.2) is 23.5 Å². The van der Waals surface area contributed by atoms with Crippen LogP contribution in [0.15, 0.2) is 35.9 Å². The Bertz CT molecular complexity index is 705. The summed E-state index contributed by atoms with van der Waals surface area (Å²) >= 11 is 0. The number of allylic oxidation sites excluding steroid dienone is 1. The number of benzene rings is 1. The first-order valence-electron chi connectivity index (χ1n) is 8.00. The molecule has 1 aromatic carbocycles. The van der Waals surface area contributed by atoms with Crippen LogP contribution in [-0.2, 0) is 9.53 Å². The minimum absolute atomic E-state index is 0.0267. The molecule has 0 bridgehead atoms. The summed E-state index contributed by atoms with van der Waals surface area (Å²) in [5.74, 6) is 0.371. The van der Waals surface area contributed by atoms with Crippen LogP contribution in [0.2, 0.25) is 0 Å². The van der Waals surface area contributed by atoms with Gasteiger partial charge in [-0.3, -0.25) is 14.9 Å². The Morgan fingerprint density at radius 1 is 1.32 bits per heavy atom. The number of carbonyl (C=O) groups excluding carboxylic acids is 2. The highest BCUT2D eigenvalue weighted by Gasteiger charge is 2.28. The van der Waals surface area contributed by atoms with Crippen molar-refractivity contribution >= 4 is 17.6 Å². The smallest absolute Gasteiger partial charge is 0.429 e. The van der Waals surface area contributed by atoms with E-state index in [4.69, 9.17) is 9.47 Å². The number of ketones is 1. The van der Waals surface area contributed by atoms with E-state index >= 15 is 0 Å². The SMILES string of the molecule is CC1CC(=O)C(COC(=O)Oc2ccc([N+](=O)[O-])cc2)=CC(C)(C)C1. The molecule has 1 aromatic rings. The molecule has 134 valence electrons. The maximum absolute atomic E-state index is 12.2. The first-order valence-corrected chi connectivity index (χ1v) is 8.00. The van der Waals surface area contributed by atoms with E-state index in [9.17, 15) is 19.7 Å². The van der Waals surface area contributed by atoms with Crippen LogP contribution < -0.4 is 4.74 Å². The van der Waals surface area contributed by atoms with E-state index in [-0.39, 0.29) is 35.2 Å². The van der Waals surface area contributed by atoms with Gasteiger partial charge in [-0.1, -0.05) is 26.8 Å². The van der Waals surface area contributed by atoms with E-state index in [1.807, 2.05) is 26.8 Å². The monoisotopic (exact) mass is 347 g/mol. The Balaban J connectivity index is 1.95. The minimum Gasteiger partial charge on any atom is -0.429 e. The highest BCUT2D eigenvalue weighted by molar-refractivity contribution is 5.96. The van der Waals surface area contributed by atoms with Gasteiger partial charge in [-0.15, -0.1) is 0 Å². The molecule has 1 aliphatic rings. The largest absolute Gasteiger partial charge is 0.514 e. The molecule has 1 atom stereocenters. The summed E-state index contributed by atoms with van der Waals surface area (Å²) in [4.78, 5) is 34.0. The number of carbonyl (C=O) groups is 2. The van der Waals surface area contributed by atoms with Crippen molar-refractivity contribution in [3.8, 4) is 5.75 Å². The lowest BCUT2D eigenvalue weighted by molar-refractivity contribution is -0.384. The number of ether oxygens (including phenoxy) is 2. The zero-order valence-electron chi connectivity index (χ0n) is 14.5. The van der Waals surface area contributed by atoms with Crippen molar-refractivity contribution in [2.75, 3.05) is 6.61 Å². The number of nitro benzene ring substituents is 1. The summed E-state index contributed by atoms with van der Waals surface area (Å²) in [5, 5.41) is 10.6. The first-order chi connectivity index (χ1) is 11.7. The van der Waals surface area contributed by atoms with Gasteiger partial charge in [0.05, 0.1) is 4.92 Å². The van der Waals surface area contributed by atoms with Crippen LogP contribution in [0.4, 0.5) is 10.5 Å². The summed E-state index contributed by atoms with van der Waals surface area (Å²) < 4.78 is 9.99. The van der Waals surface area contributed by atoms with Crippen molar-refractivity contribution in [3.05, 3.63) is 46.0 Å². The number of hydrogen-bond donors (Lipinski definition) is 0. The normalized spacial score (nSPS) is 19.6. The topological polar surface area (TPSA) is 95.7 Å². The predicted molar refractivity (Wildman–Crippen MR) is 90.3 cm³/mol. The van der Waals surface area contributed by atoms with Crippen LogP contribution in [0.1, 0.15) is 33.6 Å². The molecule has 0 heterocycles. The Morgan fingerprint density at radius 3 is 2.56 bits per heavy atom. The number of Topliss-reactive ketones (excluding diaryl/α,β-unsaturated/α-hetero) is 1. The molecular formula is C18H21NO6. The van der Waals surface area contributed by atoms with Crippen molar-refractivity contribution < 1.29 is 24.0 Å². The number of nitrogens with zero attached hydrogens (tertiary/aromatic N) is 1. The minimum atomic E-state index is -0.961. The second-order valence-electron chi connectivity index (χ2n) is 6.99. The van der Waals surface area contributed by atoms with Gasteiger partial charge < -0.3 is 9.47 Å². The first kappa shape index (κ1) is 18.6. The summed E-state index contributed by atoms with van der Waals surface area (Å²) in [5.41, 5.74) is 0.216. The lowest BCUT2D eigenvalue weighted by Crippen LogP contribution is -2.17. The average molecular weight is 347 g/mol. The van der Waals surface area contributed by atoms with Gasteiger partial charge in [0.25, 0.3) is 5.69 Å². The Kier molecular flexibility index (Phi) is 5.56. The van der Waals surface area contributed by atoms with E-state index in [0.29, 0.717) is 12.0 Å². The molecule has 0 saturated heterocycles. The van der Waals surface area contributed by atoms with E-state index < -0.39 is 11.1 Å². The molecule has 0 saturated carbocycles. The van der Waals surface area contributed by atoms with Crippen molar-refractivity contribution in [2.45, 2.75) is 33.6 Å². The van der Waals surface area contributed by atoms with Gasteiger partial charge in [-0.25, -0.2) is 4.79 Å². The lowest BCUT2D eigenvalue weighted by atomic mass is 9.84. The van der Waals surface area contributed by atoms with E-state index in [1.165, 1.54) is 24.3 Å². The fraction of sp³-hybridized carbons (Fsp3) is 0.444. The van der Waals surface area contributed by atoms with E-state index in [2.05, 4.69) is 0 Å². The van der Waals surface area contributed by atoms with Gasteiger partial charge in [0.2, 0.25) is 0 Å². The Hall–Kier alpha value is -2.70. The summed E-state index contributed by atoms with van der Waals surface area (Å²) in [6.45, 7) is 5.95. The van der Waals surface area contributed by atoms with Gasteiger partial charge >= 0.3 is 6.16 Å². The standard InChI is InChI=1S/C18H21NO6/c1-12-8-16(20)13(10-18(2,3)9-12)11-24-17(21)25-15-6-4-14(5-7-15)19(22)23/h4-7,10,12H,8-9,11H2,1-3H3. The molecule has 0 fully saturated rings. The average Bonchev–Trinajstić information content (AvgIpc) is 2.60. The van der Waals surface area contributed by atoms with Crippen LogP contribution >= 0.6 is 0 Å². The summed E-state index contributed by atoms with van der Waals surface area (Å²) in [7, 11) is 0. The predicted octanol–water partition coefficient (Wildman–Crippen LogP) is 4.06. The van der Waals surface area contributed by atoms with Crippen LogP contribution in [0.3, 0.4) is 0 Å². The van der Waals surface area contributed by atoms with Crippen molar-refractivity contribution in [3.63, 3.8) is 0 Å². The molecule has 2 rings (SSSR count). The van der Waals surface area contributed by atoms with E-state index in [0.717, 1.165) is 6.42 Å². The number of nitro groups is 1. The fourth-order valence-corrected chi connectivity index (χ4v) is 3.05. The maximum atomic E-state index is 12.2. The Morgan fingerprint density at radius 2 is 1.96 bits per heavy atom. The van der Waals surface area contributed by atoms with Gasteiger partial charge in [0, 0.05) is 24.1 Å². The van der Waals surface area contributed by atoms with Crippen LogP contribution in [0.5, 0.6) is 5.75 Å². The van der Waals surface area contributed by atoms with Crippen LogP contribution in [0, 0.1) is 21.4 Å². The molecule has 0 radical (unpaired) electrons. The van der Waals surface area contributed by atoms with Gasteiger partial charge in [0.1, 0.15) is 12.4 Å². The third-order valence-corrected chi connectivity index (χ3v) is 3.93. The second kappa shape index (κ2) is 7.46. The Labute approximate surface area is 145 Å². The zero-order valence-corrected chi connectivity index (χ0v) is 14.5. The number of hydrogen-bond acceptors (Lipinski definition) is 6. The van der Waals surface area contributed by atoms with Crippen molar-refractivity contribution in [2.24, 2.45) is 11.3 Å². The van der Waals surface area contributed by atoms with Crippen molar-refractivity contribution in [1.82, 2.24) is 0 Å². The molecule has 7 heteroatoms. The fourth-order valence-electron chi connectivity index (χ4n) is 3.05. The number of non-ortho nitro benzene ring substituents is 1. The van der Waals surface area contributed by atoms with E-state index in [1.54, 1.807) is 0 Å². The zero-order chi connectivity index (χ0) is 18.6. The molecule has 0 amide bonds. The molecule has 0 aromatic heterocycles. The quantitative estimate of drug-likeness (QED) is 0.353. The molecular weight excluding hydrogens is 326 g/mol. The molecule has 7 nitrogen and oxygen atoms in total. The third kappa shape index (κ3) is 5.41. The van der Waals surface area contributed by atoms with Crippen molar-refractivity contribution in [1.29, 1.82) is 0 Å². The molecule has 1 unspecified atom stereocenters. The highest BCUT2D eigenvalue weighted by Crippen LogP contribution is 2.33. The van der Waals surface area contributed by atoms with Gasteiger partial charge in [0.15, 0.2) is 5.78 Å². The number of rotatable bonds is 4. The summed E-state index contributed by atoms with van der Waals surface area (Å²) in [6, 6.07) is 5.06. The molecule has 0 spiro atoms. The summed E-state index contributed by atoms with van der Waals surface area (Å²) in [6.07, 6.45) is 2.21. The molecule has 25 heavy (non-hydrogen) atoms. The third-order valence-electron chi connectivity index (χ3n) is 3.93. The molecule has 0 aliphatic heterocycles.